The molecule has 0 atom stereocenters. The molecule has 138 valence electrons. The Morgan fingerprint density at radius 2 is 1.09 bits per heavy atom. The average molecular weight is 328 g/mol. The highest BCUT2D eigenvalue weighted by atomic mass is 16.6. The fourth-order valence-electron chi connectivity index (χ4n) is 2.87. The molecule has 3 nitrogen and oxygen atoms in total. The van der Waals surface area contributed by atoms with Crippen LogP contribution in [0.4, 0.5) is 0 Å². The molecule has 0 heterocycles. The molecule has 0 aliphatic heterocycles. The Hall–Kier alpha value is -0.410. The maximum absolute atomic E-state index is 11.5. The molecule has 0 unspecified atom stereocenters. The van der Waals surface area contributed by atoms with Gasteiger partial charge in [0.25, 0.3) is 0 Å². The van der Waals surface area contributed by atoms with Crippen LogP contribution in [0.15, 0.2) is 0 Å². The average Bonchev–Trinajstić information content (AvgIpc) is 2.46. The standard InChI is InChI=1S/C20H41NO2/c1-19(2)17-15-13-11-9-7-5-6-8-10-12-14-16-18-20(22)21(3,4)23/h19H,5-18H2,1-4H3. The molecule has 0 N–H and O–H groups in total. The molecule has 0 saturated heterocycles. The molecule has 0 rings (SSSR count). The van der Waals surface area contributed by atoms with E-state index in [1.807, 2.05) is 0 Å². The number of quaternary nitrogens is 1. The largest absolute Gasteiger partial charge is 0.626 e. The Balaban J connectivity index is 3.15. The van der Waals surface area contributed by atoms with Crippen LogP contribution in [0.25, 0.3) is 0 Å². The molecule has 0 aromatic heterocycles. The fourth-order valence-corrected chi connectivity index (χ4v) is 2.87. The summed E-state index contributed by atoms with van der Waals surface area (Å²) in [6.45, 7) is 4.61. The van der Waals surface area contributed by atoms with Crippen LogP contribution in [0.5, 0.6) is 0 Å². The number of nitrogens with zero attached hydrogens (tertiary/aromatic N) is 1. The topological polar surface area (TPSA) is 40.1 Å². The second-order valence-corrected chi connectivity index (χ2v) is 7.92. The van der Waals surface area contributed by atoms with E-state index < -0.39 is 4.65 Å². The molecule has 0 spiro atoms. The zero-order chi connectivity index (χ0) is 17.6. The van der Waals surface area contributed by atoms with E-state index in [4.69, 9.17) is 0 Å². The van der Waals surface area contributed by atoms with Crippen molar-refractivity contribution < 1.29 is 9.44 Å². The Labute approximate surface area is 145 Å². The number of hydrogen-bond acceptors (Lipinski definition) is 2. The number of unbranched alkanes of at least 4 members (excludes halogenated alkanes) is 11. The van der Waals surface area contributed by atoms with Gasteiger partial charge in [0.05, 0.1) is 20.5 Å². The number of hydrogen-bond donors (Lipinski definition) is 0. The van der Waals surface area contributed by atoms with Crippen molar-refractivity contribution in [3.63, 3.8) is 0 Å². The predicted octanol–water partition coefficient (Wildman–Crippen LogP) is 6.20. The van der Waals surface area contributed by atoms with E-state index in [-0.39, 0.29) is 5.91 Å². The van der Waals surface area contributed by atoms with Gasteiger partial charge in [-0.2, -0.15) is 0 Å². The van der Waals surface area contributed by atoms with Crippen LogP contribution in [0, 0.1) is 11.1 Å². The van der Waals surface area contributed by atoms with Gasteiger partial charge in [0.2, 0.25) is 0 Å². The monoisotopic (exact) mass is 327 g/mol. The Kier molecular flexibility index (Phi) is 13.7. The van der Waals surface area contributed by atoms with Crippen LogP contribution in [-0.2, 0) is 4.79 Å². The first kappa shape index (κ1) is 22.6. The highest BCUT2D eigenvalue weighted by Gasteiger charge is 2.14. The van der Waals surface area contributed by atoms with E-state index in [1.165, 1.54) is 84.7 Å². The normalized spacial score (nSPS) is 12.1. The molecule has 0 aromatic carbocycles. The molecule has 1 amide bonds. The smallest absolute Gasteiger partial charge is 0.313 e. The molecule has 0 radical (unpaired) electrons. The van der Waals surface area contributed by atoms with E-state index in [0.717, 1.165) is 18.8 Å². The molecular formula is C20H41NO2. The van der Waals surface area contributed by atoms with Crippen molar-refractivity contribution in [3.05, 3.63) is 5.21 Å². The number of hydroxylamine groups is 3. The first-order valence-corrected chi connectivity index (χ1v) is 9.92. The minimum atomic E-state index is -0.780. The lowest BCUT2D eigenvalue weighted by Crippen LogP contribution is -2.39. The highest BCUT2D eigenvalue weighted by Crippen LogP contribution is 2.14. The van der Waals surface area contributed by atoms with E-state index in [9.17, 15) is 10.0 Å². The van der Waals surface area contributed by atoms with Gasteiger partial charge >= 0.3 is 5.91 Å². The molecule has 0 saturated carbocycles. The van der Waals surface area contributed by atoms with Crippen molar-refractivity contribution >= 4 is 5.91 Å². The second kappa shape index (κ2) is 14.0. The molecule has 0 bridgehead atoms. The first-order valence-electron chi connectivity index (χ1n) is 9.92. The summed E-state index contributed by atoms with van der Waals surface area (Å²) in [6.07, 6.45) is 17.4. The van der Waals surface area contributed by atoms with Crippen LogP contribution in [0.3, 0.4) is 0 Å². The molecule has 23 heavy (non-hydrogen) atoms. The summed E-state index contributed by atoms with van der Waals surface area (Å²) in [4.78, 5) is 11.5. The van der Waals surface area contributed by atoms with Crippen molar-refractivity contribution in [2.45, 2.75) is 104 Å². The SMILES string of the molecule is CC(C)CCCCCCCCCCCCCCC(=O)[N+](C)(C)[O-]. The van der Waals surface area contributed by atoms with Crippen LogP contribution in [0.1, 0.15) is 104 Å². The van der Waals surface area contributed by atoms with Crippen molar-refractivity contribution in [3.8, 4) is 0 Å². The summed E-state index contributed by atoms with van der Waals surface area (Å²) in [6, 6.07) is 0. The summed E-state index contributed by atoms with van der Waals surface area (Å²) < 4.78 is -0.780. The summed E-state index contributed by atoms with van der Waals surface area (Å²) >= 11 is 0. The molecule has 0 aliphatic carbocycles. The van der Waals surface area contributed by atoms with Gasteiger partial charge in [-0.3, -0.25) is 0 Å². The van der Waals surface area contributed by atoms with Crippen LogP contribution in [-0.4, -0.2) is 24.6 Å². The zero-order valence-electron chi connectivity index (χ0n) is 16.2. The van der Waals surface area contributed by atoms with E-state index in [2.05, 4.69) is 13.8 Å². The molecular weight excluding hydrogens is 286 g/mol. The minimum absolute atomic E-state index is 0.196. The Bertz CT molecular complexity index is 282. The molecule has 0 aliphatic rings. The molecule has 0 fully saturated rings. The maximum atomic E-state index is 11.5. The van der Waals surface area contributed by atoms with Gasteiger partial charge in [-0.05, 0) is 12.3 Å². The third-order valence-electron chi connectivity index (χ3n) is 4.52. The number of carbonyl (C=O) groups excluding carboxylic acids is 1. The molecule has 3 heteroatoms. The lowest BCUT2D eigenvalue weighted by molar-refractivity contribution is -0.760. The minimum Gasteiger partial charge on any atom is -0.626 e. The highest BCUT2D eigenvalue weighted by molar-refractivity contribution is 5.68. The van der Waals surface area contributed by atoms with Crippen molar-refractivity contribution in [1.29, 1.82) is 0 Å². The molecule has 0 aromatic rings. The van der Waals surface area contributed by atoms with Gasteiger partial charge in [-0.1, -0.05) is 90.9 Å². The van der Waals surface area contributed by atoms with E-state index in [1.54, 1.807) is 0 Å². The quantitative estimate of drug-likeness (QED) is 0.204. The van der Waals surface area contributed by atoms with Gasteiger partial charge in [-0.15, -0.1) is 0 Å². The van der Waals surface area contributed by atoms with Crippen molar-refractivity contribution in [2.75, 3.05) is 14.1 Å². The zero-order valence-corrected chi connectivity index (χ0v) is 16.2. The number of amides is 1. The summed E-state index contributed by atoms with van der Waals surface area (Å²) in [7, 11) is 2.82. The lowest BCUT2D eigenvalue weighted by Gasteiger charge is -2.30. The van der Waals surface area contributed by atoms with Crippen molar-refractivity contribution in [2.24, 2.45) is 5.92 Å². The number of carbonyl (C=O) groups is 1. The third kappa shape index (κ3) is 16.2. The van der Waals surface area contributed by atoms with Gasteiger partial charge < -0.3 is 9.85 Å². The van der Waals surface area contributed by atoms with Gasteiger partial charge in [0, 0.05) is 0 Å². The van der Waals surface area contributed by atoms with Crippen LogP contribution >= 0.6 is 0 Å². The third-order valence-corrected chi connectivity index (χ3v) is 4.52. The maximum Gasteiger partial charge on any atom is 0.313 e. The number of rotatable bonds is 15. The van der Waals surface area contributed by atoms with Crippen molar-refractivity contribution in [1.82, 2.24) is 0 Å². The summed E-state index contributed by atoms with van der Waals surface area (Å²) in [5.41, 5.74) is 0. The first-order chi connectivity index (χ1) is 10.8. The second-order valence-electron chi connectivity index (χ2n) is 7.92. The van der Waals surface area contributed by atoms with Crippen LogP contribution in [0.2, 0.25) is 0 Å². The Morgan fingerprint density at radius 3 is 1.43 bits per heavy atom. The fraction of sp³-hybridized carbons (Fsp3) is 0.950. The van der Waals surface area contributed by atoms with Crippen LogP contribution < -0.4 is 0 Å². The lowest BCUT2D eigenvalue weighted by atomic mass is 10.0. The van der Waals surface area contributed by atoms with Gasteiger partial charge in [-0.25, -0.2) is 4.79 Å². The van der Waals surface area contributed by atoms with Gasteiger partial charge in [0.15, 0.2) is 0 Å². The van der Waals surface area contributed by atoms with E-state index in [0.29, 0.717) is 6.42 Å². The summed E-state index contributed by atoms with van der Waals surface area (Å²) in [5, 5.41) is 11.4. The predicted molar refractivity (Wildman–Crippen MR) is 100.0 cm³/mol. The van der Waals surface area contributed by atoms with Gasteiger partial charge in [0.1, 0.15) is 0 Å². The Morgan fingerprint density at radius 1 is 0.739 bits per heavy atom. The van der Waals surface area contributed by atoms with E-state index >= 15 is 0 Å². The summed E-state index contributed by atoms with van der Waals surface area (Å²) in [5.74, 6) is 0.664.